The second-order valence-electron chi connectivity index (χ2n) is 6.29. The molecule has 1 aromatic heterocycles. The maximum Gasteiger partial charge on any atom is 0.272 e. The van der Waals surface area contributed by atoms with Gasteiger partial charge in [-0.2, -0.15) is 5.10 Å². The van der Waals surface area contributed by atoms with E-state index in [1.807, 2.05) is 49.1 Å². The first-order chi connectivity index (χ1) is 11.2. The van der Waals surface area contributed by atoms with Crippen molar-refractivity contribution < 1.29 is 4.79 Å². The number of likely N-dealkylation sites (N-methyl/N-ethyl adjacent to an activating group) is 1. The zero-order chi connectivity index (χ0) is 16.2. The highest BCUT2D eigenvalue weighted by molar-refractivity contribution is 5.94. The van der Waals surface area contributed by atoms with Crippen molar-refractivity contribution in [3.63, 3.8) is 0 Å². The molecule has 1 aliphatic rings. The number of fused-ring (bicyclic) bond motifs is 1. The molecule has 1 aromatic carbocycles. The van der Waals surface area contributed by atoms with Crippen LogP contribution in [0.2, 0.25) is 0 Å². The van der Waals surface area contributed by atoms with Crippen LogP contribution in [0, 0.1) is 0 Å². The number of carbonyl (C=O) groups is 1. The number of benzene rings is 1. The normalized spacial score (nSPS) is 13.9. The van der Waals surface area contributed by atoms with E-state index in [1.165, 1.54) is 5.69 Å². The summed E-state index contributed by atoms with van der Waals surface area (Å²) in [6.45, 7) is 1.46. The average molecular weight is 312 g/mol. The van der Waals surface area contributed by atoms with Crippen molar-refractivity contribution in [2.45, 2.75) is 25.7 Å². The Morgan fingerprint density at radius 3 is 2.70 bits per heavy atom. The molecule has 1 aliphatic carbocycles. The van der Waals surface area contributed by atoms with Gasteiger partial charge in [-0.3, -0.25) is 4.79 Å². The van der Waals surface area contributed by atoms with Gasteiger partial charge in [-0.25, -0.2) is 4.68 Å². The second kappa shape index (κ2) is 6.96. The van der Waals surface area contributed by atoms with Gasteiger partial charge in [-0.15, -0.1) is 0 Å². The van der Waals surface area contributed by atoms with Crippen molar-refractivity contribution >= 4 is 5.91 Å². The lowest BCUT2D eigenvalue weighted by Crippen LogP contribution is -2.32. The van der Waals surface area contributed by atoms with Crippen LogP contribution in [0.3, 0.4) is 0 Å². The third-order valence-electron chi connectivity index (χ3n) is 4.24. The number of nitrogens with one attached hydrogen (secondary N) is 1. The fourth-order valence-corrected chi connectivity index (χ4v) is 3.04. The third kappa shape index (κ3) is 3.45. The molecule has 0 bridgehead atoms. The molecule has 3 rings (SSSR count). The Labute approximate surface area is 137 Å². The molecule has 0 saturated carbocycles. The second-order valence-corrected chi connectivity index (χ2v) is 6.29. The van der Waals surface area contributed by atoms with E-state index in [-0.39, 0.29) is 5.91 Å². The molecule has 1 heterocycles. The number of carbonyl (C=O) groups excluding carboxylic acids is 1. The van der Waals surface area contributed by atoms with Crippen LogP contribution in [0.4, 0.5) is 0 Å². The molecule has 0 fully saturated rings. The van der Waals surface area contributed by atoms with Gasteiger partial charge in [0.05, 0.1) is 5.69 Å². The zero-order valence-electron chi connectivity index (χ0n) is 13.9. The van der Waals surface area contributed by atoms with Gasteiger partial charge in [-0.1, -0.05) is 18.2 Å². The highest BCUT2D eigenvalue weighted by Crippen LogP contribution is 2.26. The van der Waals surface area contributed by atoms with Crippen LogP contribution >= 0.6 is 0 Å². The van der Waals surface area contributed by atoms with Crippen LogP contribution in [0.15, 0.2) is 30.3 Å². The van der Waals surface area contributed by atoms with Gasteiger partial charge >= 0.3 is 0 Å². The Kier molecular flexibility index (Phi) is 4.76. The molecular formula is C18H24N4O. The third-order valence-corrected chi connectivity index (χ3v) is 4.24. The van der Waals surface area contributed by atoms with Gasteiger partial charge in [0.15, 0.2) is 5.69 Å². The molecule has 0 spiro atoms. The standard InChI is InChI=1S/C18H24N4O/c1-21(2)13-12-19-18(23)17-15-10-6-7-11-16(15)22(20-17)14-8-4-3-5-9-14/h3-5,8-9H,6-7,10-13H2,1-2H3,(H,19,23). The minimum atomic E-state index is -0.0559. The summed E-state index contributed by atoms with van der Waals surface area (Å²) < 4.78 is 1.95. The van der Waals surface area contributed by atoms with E-state index in [2.05, 4.69) is 15.3 Å². The fraction of sp³-hybridized carbons (Fsp3) is 0.444. The minimum absolute atomic E-state index is 0.0559. The molecule has 0 saturated heterocycles. The lowest BCUT2D eigenvalue weighted by molar-refractivity contribution is 0.0944. The average Bonchev–Trinajstić information content (AvgIpc) is 2.95. The van der Waals surface area contributed by atoms with Crippen molar-refractivity contribution in [3.05, 3.63) is 47.3 Å². The summed E-state index contributed by atoms with van der Waals surface area (Å²) in [6.07, 6.45) is 4.22. The highest BCUT2D eigenvalue weighted by Gasteiger charge is 2.25. The Balaban J connectivity index is 1.89. The number of amides is 1. The van der Waals surface area contributed by atoms with Gasteiger partial charge in [0, 0.05) is 24.3 Å². The molecule has 0 aliphatic heterocycles. The van der Waals surface area contributed by atoms with Gasteiger partial charge in [-0.05, 0) is 51.9 Å². The van der Waals surface area contributed by atoms with Gasteiger partial charge in [0.1, 0.15) is 0 Å². The van der Waals surface area contributed by atoms with Gasteiger partial charge < -0.3 is 10.2 Å². The number of aromatic nitrogens is 2. The highest BCUT2D eigenvalue weighted by atomic mass is 16.1. The number of hydrogen-bond donors (Lipinski definition) is 1. The summed E-state index contributed by atoms with van der Waals surface area (Å²) in [6, 6.07) is 10.1. The number of hydrogen-bond acceptors (Lipinski definition) is 3. The molecule has 5 nitrogen and oxygen atoms in total. The SMILES string of the molecule is CN(C)CCNC(=O)c1nn(-c2ccccc2)c2c1CCCC2. The Bertz CT molecular complexity index is 676. The number of rotatable bonds is 5. The molecule has 0 unspecified atom stereocenters. The molecule has 23 heavy (non-hydrogen) atoms. The van der Waals surface area contributed by atoms with Crippen molar-refractivity contribution in [2.24, 2.45) is 0 Å². The summed E-state index contributed by atoms with van der Waals surface area (Å²) in [5, 5.41) is 7.64. The maximum absolute atomic E-state index is 12.5. The molecule has 0 radical (unpaired) electrons. The first-order valence-electron chi connectivity index (χ1n) is 8.26. The molecular weight excluding hydrogens is 288 g/mol. The predicted octanol–water partition coefficient (Wildman–Crippen LogP) is 2.04. The largest absolute Gasteiger partial charge is 0.349 e. The first kappa shape index (κ1) is 15.7. The lowest BCUT2D eigenvalue weighted by atomic mass is 9.95. The van der Waals surface area contributed by atoms with Crippen LogP contribution in [0.25, 0.3) is 5.69 Å². The number of nitrogens with zero attached hydrogens (tertiary/aromatic N) is 3. The summed E-state index contributed by atoms with van der Waals surface area (Å²) in [5.41, 5.74) is 3.95. The Hall–Kier alpha value is -2.14. The molecule has 122 valence electrons. The fourth-order valence-electron chi connectivity index (χ4n) is 3.04. The monoisotopic (exact) mass is 312 g/mol. The van der Waals surface area contributed by atoms with Crippen molar-refractivity contribution in [3.8, 4) is 5.69 Å². The summed E-state index contributed by atoms with van der Waals surface area (Å²) in [7, 11) is 4.00. The van der Waals surface area contributed by atoms with Crippen LogP contribution in [0.5, 0.6) is 0 Å². The van der Waals surface area contributed by atoms with Crippen LogP contribution in [-0.4, -0.2) is 47.8 Å². The molecule has 5 heteroatoms. The van der Waals surface area contributed by atoms with Crippen LogP contribution < -0.4 is 5.32 Å². The summed E-state index contributed by atoms with van der Waals surface area (Å²) in [4.78, 5) is 14.6. The van der Waals surface area contributed by atoms with Crippen molar-refractivity contribution in [1.29, 1.82) is 0 Å². The van der Waals surface area contributed by atoms with E-state index in [1.54, 1.807) is 0 Å². The van der Waals surface area contributed by atoms with E-state index >= 15 is 0 Å². The van der Waals surface area contributed by atoms with Crippen molar-refractivity contribution in [1.82, 2.24) is 20.0 Å². The molecule has 1 amide bonds. The van der Waals surface area contributed by atoms with Crippen LogP contribution in [0.1, 0.15) is 34.6 Å². The van der Waals surface area contributed by atoms with E-state index in [4.69, 9.17) is 0 Å². The Morgan fingerprint density at radius 2 is 1.96 bits per heavy atom. The lowest BCUT2D eigenvalue weighted by Gasteiger charge is -2.14. The Morgan fingerprint density at radius 1 is 1.22 bits per heavy atom. The van der Waals surface area contributed by atoms with Gasteiger partial charge in [0.25, 0.3) is 5.91 Å². The number of para-hydroxylation sites is 1. The van der Waals surface area contributed by atoms with E-state index in [0.717, 1.165) is 43.5 Å². The van der Waals surface area contributed by atoms with Crippen LogP contribution in [-0.2, 0) is 12.8 Å². The summed E-state index contributed by atoms with van der Waals surface area (Å²) >= 11 is 0. The molecule has 1 N–H and O–H groups in total. The van der Waals surface area contributed by atoms with Crippen molar-refractivity contribution in [2.75, 3.05) is 27.2 Å². The smallest absolute Gasteiger partial charge is 0.272 e. The van der Waals surface area contributed by atoms with E-state index in [9.17, 15) is 4.79 Å². The topological polar surface area (TPSA) is 50.2 Å². The summed E-state index contributed by atoms with van der Waals surface area (Å²) in [5.74, 6) is -0.0559. The molecule has 2 aromatic rings. The maximum atomic E-state index is 12.5. The van der Waals surface area contributed by atoms with E-state index in [0.29, 0.717) is 12.2 Å². The van der Waals surface area contributed by atoms with E-state index < -0.39 is 0 Å². The first-order valence-corrected chi connectivity index (χ1v) is 8.26. The quantitative estimate of drug-likeness (QED) is 0.919. The zero-order valence-corrected chi connectivity index (χ0v) is 13.9. The molecule has 0 atom stereocenters. The predicted molar refractivity (Wildman–Crippen MR) is 91.1 cm³/mol. The van der Waals surface area contributed by atoms with Gasteiger partial charge in [0.2, 0.25) is 0 Å². The minimum Gasteiger partial charge on any atom is -0.349 e.